The molecule has 0 atom stereocenters. The number of nitro benzene ring substituents is 1. The fraction of sp³-hybridized carbons (Fsp3) is 0. The van der Waals surface area contributed by atoms with Crippen molar-refractivity contribution in [2.45, 2.75) is 0 Å². The highest BCUT2D eigenvalue weighted by Gasteiger charge is 2.19. The maximum Gasteiger partial charge on any atom is 0.342 e. The van der Waals surface area contributed by atoms with Gasteiger partial charge in [-0.25, -0.2) is 9.59 Å². The maximum atomic E-state index is 10.6. The van der Waals surface area contributed by atoms with E-state index in [1.54, 1.807) is 0 Å². The van der Waals surface area contributed by atoms with Gasteiger partial charge in [0.15, 0.2) is 0 Å². The lowest BCUT2D eigenvalue weighted by molar-refractivity contribution is -0.385. The minimum atomic E-state index is -1.45. The van der Waals surface area contributed by atoms with Crippen LogP contribution >= 0.6 is 0 Å². The van der Waals surface area contributed by atoms with E-state index < -0.39 is 22.1 Å². The van der Waals surface area contributed by atoms with E-state index in [9.17, 15) is 19.7 Å². The Bertz CT molecular complexity index is 476. The van der Waals surface area contributed by atoms with Crippen molar-refractivity contribution in [3.05, 3.63) is 33.9 Å². The van der Waals surface area contributed by atoms with Crippen molar-refractivity contribution in [1.82, 2.24) is 0 Å². The zero-order valence-corrected chi connectivity index (χ0v) is 7.21. The van der Waals surface area contributed by atoms with E-state index in [2.05, 4.69) is 4.99 Å². The fourth-order valence-electron chi connectivity index (χ4n) is 0.977. The van der Waals surface area contributed by atoms with E-state index in [0.29, 0.717) is 0 Å². The number of rotatable bonds is 3. The number of hydrogen-bond donors (Lipinski definition) is 1. The normalized spacial score (nSPS) is 9.07. The van der Waals surface area contributed by atoms with E-state index in [1.165, 1.54) is 6.08 Å². The summed E-state index contributed by atoms with van der Waals surface area (Å²) in [4.78, 5) is 33.3. The van der Waals surface area contributed by atoms with Gasteiger partial charge in [0.2, 0.25) is 6.08 Å². The molecule has 7 nitrogen and oxygen atoms in total. The van der Waals surface area contributed by atoms with E-state index in [0.717, 1.165) is 18.2 Å². The molecule has 1 rings (SSSR count). The Balaban J connectivity index is 3.39. The van der Waals surface area contributed by atoms with Crippen LogP contribution in [0.1, 0.15) is 10.4 Å². The molecule has 0 aliphatic carbocycles. The molecule has 0 bridgehead atoms. The number of carbonyl (C=O) groups is 1. The Labute approximate surface area is 82.8 Å². The van der Waals surface area contributed by atoms with Gasteiger partial charge in [-0.1, -0.05) is 0 Å². The Morgan fingerprint density at radius 1 is 1.53 bits per heavy atom. The van der Waals surface area contributed by atoms with Gasteiger partial charge in [0.05, 0.1) is 10.6 Å². The molecule has 0 heterocycles. The molecular formula is C8H4N2O5. The lowest BCUT2D eigenvalue weighted by Gasteiger charge is -1.97. The molecule has 76 valence electrons. The Kier molecular flexibility index (Phi) is 2.90. The number of carboxylic acids is 1. The van der Waals surface area contributed by atoms with Crippen LogP contribution in [-0.2, 0) is 4.79 Å². The molecule has 0 amide bonds. The summed E-state index contributed by atoms with van der Waals surface area (Å²) in [6.45, 7) is 0. The molecule has 7 heteroatoms. The molecule has 0 aromatic heterocycles. The summed E-state index contributed by atoms with van der Waals surface area (Å²) in [5, 5.41) is 19.1. The van der Waals surface area contributed by atoms with Gasteiger partial charge in [-0.05, 0) is 12.1 Å². The number of carboxylic acid groups (broad SMARTS) is 1. The molecule has 0 aliphatic rings. The summed E-state index contributed by atoms with van der Waals surface area (Å²) in [6.07, 6.45) is 1.21. The van der Waals surface area contributed by atoms with E-state index >= 15 is 0 Å². The average Bonchev–Trinajstić information content (AvgIpc) is 2.17. The predicted octanol–water partition coefficient (Wildman–Crippen LogP) is 1.26. The molecule has 0 unspecified atom stereocenters. The maximum absolute atomic E-state index is 10.6. The predicted molar refractivity (Wildman–Crippen MR) is 47.8 cm³/mol. The van der Waals surface area contributed by atoms with Gasteiger partial charge in [-0.3, -0.25) is 10.1 Å². The van der Waals surface area contributed by atoms with Gasteiger partial charge in [-0.15, -0.1) is 0 Å². The van der Waals surface area contributed by atoms with Crippen LogP contribution in [0.15, 0.2) is 23.2 Å². The number of aromatic carboxylic acids is 1. The van der Waals surface area contributed by atoms with Crippen LogP contribution in [0.25, 0.3) is 0 Å². The van der Waals surface area contributed by atoms with Crippen molar-refractivity contribution in [2.75, 3.05) is 0 Å². The second-order valence-electron chi connectivity index (χ2n) is 2.47. The van der Waals surface area contributed by atoms with Gasteiger partial charge in [0.1, 0.15) is 5.56 Å². The molecule has 0 spiro atoms. The third-order valence-electron chi connectivity index (χ3n) is 1.58. The molecule has 1 aromatic carbocycles. The molecule has 0 fully saturated rings. The minimum Gasteiger partial charge on any atom is -0.477 e. The van der Waals surface area contributed by atoms with Gasteiger partial charge in [0.25, 0.3) is 5.69 Å². The summed E-state index contributed by atoms with van der Waals surface area (Å²) >= 11 is 0. The summed E-state index contributed by atoms with van der Waals surface area (Å²) in [6, 6.07) is 3.07. The molecule has 0 radical (unpaired) electrons. The van der Waals surface area contributed by atoms with Crippen LogP contribution in [0.2, 0.25) is 0 Å². The molecule has 0 aliphatic heterocycles. The number of hydrogen-bond acceptors (Lipinski definition) is 5. The van der Waals surface area contributed by atoms with E-state index in [1.807, 2.05) is 0 Å². The average molecular weight is 208 g/mol. The Morgan fingerprint density at radius 2 is 2.20 bits per heavy atom. The number of benzene rings is 1. The van der Waals surface area contributed by atoms with Crippen molar-refractivity contribution in [3.8, 4) is 0 Å². The van der Waals surface area contributed by atoms with Crippen LogP contribution in [0.4, 0.5) is 11.4 Å². The molecule has 1 aromatic rings. The van der Waals surface area contributed by atoms with Crippen molar-refractivity contribution in [2.24, 2.45) is 4.99 Å². The summed E-state index contributed by atoms with van der Waals surface area (Å²) in [7, 11) is 0. The smallest absolute Gasteiger partial charge is 0.342 e. The Morgan fingerprint density at radius 3 is 2.67 bits per heavy atom. The zero-order valence-electron chi connectivity index (χ0n) is 7.21. The topological polar surface area (TPSA) is 110 Å². The first-order valence-electron chi connectivity index (χ1n) is 3.66. The van der Waals surface area contributed by atoms with Crippen LogP contribution in [0, 0.1) is 10.1 Å². The third-order valence-corrected chi connectivity index (χ3v) is 1.58. The van der Waals surface area contributed by atoms with Gasteiger partial charge in [0, 0.05) is 6.07 Å². The highest BCUT2D eigenvalue weighted by atomic mass is 16.6. The van der Waals surface area contributed by atoms with Crippen molar-refractivity contribution < 1.29 is 19.6 Å². The molecule has 0 saturated carbocycles. The summed E-state index contributed by atoms with van der Waals surface area (Å²) in [5.74, 6) is -1.45. The number of isocyanates is 1. The number of carbonyl (C=O) groups excluding carboxylic acids is 1. The quantitative estimate of drug-likeness (QED) is 0.348. The van der Waals surface area contributed by atoms with Gasteiger partial charge < -0.3 is 5.11 Å². The number of aliphatic imine (C=N–C) groups is 1. The largest absolute Gasteiger partial charge is 0.477 e. The molecular weight excluding hydrogens is 204 g/mol. The first kappa shape index (κ1) is 10.6. The summed E-state index contributed by atoms with van der Waals surface area (Å²) < 4.78 is 0. The Hall–Kier alpha value is -2.53. The second kappa shape index (κ2) is 4.12. The number of nitrogens with zero attached hydrogens (tertiary/aromatic N) is 2. The highest BCUT2D eigenvalue weighted by Crippen LogP contribution is 2.23. The highest BCUT2D eigenvalue weighted by molar-refractivity contribution is 5.93. The van der Waals surface area contributed by atoms with Crippen LogP contribution in [0.5, 0.6) is 0 Å². The van der Waals surface area contributed by atoms with Crippen LogP contribution < -0.4 is 0 Å². The first-order valence-corrected chi connectivity index (χ1v) is 3.66. The van der Waals surface area contributed by atoms with Crippen LogP contribution in [-0.4, -0.2) is 22.1 Å². The fourth-order valence-corrected chi connectivity index (χ4v) is 0.977. The third kappa shape index (κ3) is 2.23. The second-order valence-corrected chi connectivity index (χ2v) is 2.47. The first-order chi connectivity index (χ1) is 7.06. The minimum absolute atomic E-state index is 0.00741. The van der Waals surface area contributed by atoms with E-state index in [4.69, 9.17) is 5.11 Å². The number of nitro groups is 1. The zero-order chi connectivity index (χ0) is 11.4. The van der Waals surface area contributed by atoms with Gasteiger partial charge in [-0.2, -0.15) is 4.99 Å². The van der Waals surface area contributed by atoms with Crippen LogP contribution in [0.3, 0.4) is 0 Å². The molecule has 15 heavy (non-hydrogen) atoms. The van der Waals surface area contributed by atoms with Crippen molar-refractivity contribution in [3.63, 3.8) is 0 Å². The van der Waals surface area contributed by atoms with Crippen molar-refractivity contribution in [1.29, 1.82) is 0 Å². The lowest BCUT2D eigenvalue weighted by atomic mass is 10.1. The molecule has 1 N–H and O–H groups in total. The lowest BCUT2D eigenvalue weighted by Crippen LogP contribution is -2.01. The SMILES string of the molecule is O=C=Nc1ccc([N+](=O)[O-])c(C(=O)O)c1. The monoisotopic (exact) mass is 208 g/mol. The standard InChI is InChI=1S/C8H4N2O5/c11-4-9-5-1-2-7(10(14)15)6(3-5)8(12)13/h1-3H,(H,12,13). The van der Waals surface area contributed by atoms with Crippen molar-refractivity contribution >= 4 is 23.4 Å². The molecule has 0 saturated heterocycles. The van der Waals surface area contributed by atoms with E-state index in [-0.39, 0.29) is 5.69 Å². The summed E-state index contributed by atoms with van der Waals surface area (Å²) in [5.41, 5.74) is -1.06. The van der Waals surface area contributed by atoms with Gasteiger partial charge >= 0.3 is 5.97 Å².